The van der Waals surface area contributed by atoms with Crippen LogP contribution in [0.4, 0.5) is 0 Å². The monoisotopic (exact) mass is 333 g/mol. The maximum atomic E-state index is 12.2. The van der Waals surface area contributed by atoms with Crippen molar-refractivity contribution in [1.29, 1.82) is 0 Å². The fourth-order valence-electron chi connectivity index (χ4n) is 2.17. The van der Waals surface area contributed by atoms with Gasteiger partial charge in [-0.2, -0.15) is 0 Å². The summed E-state index contributed by atoms with van der Waals surface area (Å²) in [4.78, 5) is 12.2. The Morgan fingerprint density at radius 3 is 2.43 bits per heavy atom. The van der Waals surface area contributed by atoms with Crippen LogP contribution in [0.2, 0.25) is 0 Å². The molecule has 116 valence electrons. The van der Waals surface area contributed by atoms with Gasteiger partial charge in [0.1, 0.15) is 0 Å². The fourth-order valence-corrected chi connectivity index (χ4v) is 4.72. The van der Waals surface area contributed by atoms with E-state index in [1.807, 2.05) is 0 Å². The van der Waals surface area contributed by atoms with Crippen molar-refractivity contribution < 1.29 is 22.7 Å². The van der Waals surface area contributed by atoms with Crippen molar-refractivity contribution in [2.45, 2.75) is 11.4 Å². The molecule has 1 aliphatic rings. The van der Waals surface area contributed by atoms with Gasteiger partial charge in [-0.1, -0.05) is 0 Å². The molecule has 0 unspecified atom stereocenters. The number of alkyl halides is 1. The molecule has 0 spiro atoms. The van der Waals surface area contributed by atoms with Gasteiger partial charge in [0.05, 0.1) is 37.1 Å². The molecule has 0 radical (unpaired) electrons. The van der Waals surface area contributed by atoms with Crippen molar-refractivity contribution in [2.75, 3.05) is 25.7 Å². The minimum atomic E-state index is -3.19. The van der Waals surface area contributed by atoms with Crippen LogP contribution in [0.15, 0.2) is 18.2 Å². The van der Waals surface area contributed by atoms with Gasteiger partial charge in [-0.05, 0) is 18.2 Å². The maximum absolute atomic E-state index is 12.2. The third-order valence-electron chi connectivity index (χ3n) is 3.25. The lowest BCUT2D eigenvalue weighted by molar-refractivity contribution is 0.0941. The Kier molecular flexibility index (Phi) is 4.63. The van der Waals surface area contributed by atoms with Gasteiger partial charge in [0.15, 0.2) is 21.3 Å². The lowest BCUT2D eigenvalue weighted by atomic mass is 10.1. The first-order chi connectivity index (χ1) is 9.86. The van der Waals surface area contributed by atoms with Gasteiger partial charge in [-0.3, -0.25) is 4.79 Å². The van der Waals surface area contributed by atoms with Crippen molar-refractivity contribution in [3.05, 3.63) is 23.8 Å². The number of methoxy groups -OCH3 is 2. The molecule has 1 N–H and O–H groups in total. The molecule has 1 heterocycles. The largest absolute Gasteiger partial charge is 0.493 e. The number of ether oxygens (including phenoxy) is 2. The second kappa shape index (κ2) is 6.11. The zero-order valence-electron chi connectivity index (χ0n) is 11.6. The molecule has 21 heavy (non-hydrogen) atoms. The van der Waals surface area contributed by atoms with E-state index in [0.717, 1.165) is 0 Å². The number of sulfone groups is 1. The van der Waals surface area contributed by atoms with Crippen LogP contribution < -0.4 is 14.8 Å². The summed E-state index contributed by atoms with van der Waals surface area (Å²) < 4.78 is 33.2. The van der Waals surface area contributed by atoms with Gasteiger partial charge in [0.25, 0.3) is 5.91 Å². The summed E-state index contributed by atoms with van der Waals surface area (Å²) in [6.45, 7) is 0. The molecule has 6 nitrogen and oxygen atoms in total. The van der Waals surface area contributed by atoms with E-state index < -0.39 is 27.2 Å². The van der Waals surface area contributed by atoms with Crippen molar-refractivity contribution in [1.82, 2.24) is 5.32 Å². The molecule has 0 bridgehead atoms. The van der Waals surface area contributed by atoms with Gasteiger partial charge in [0.2, 0.25) is 0 Å². The van der Waals surface area contributed by atoms with Gasteiger partial charge in [-0.25, -0.2) is 8.42 Å². The zero-order valence-corrected chi connectivity index (χ0v) is 13.2. The molecule has 1 aromatic rings. The molecule has 1 aliphatic heterocycles. The minimum Gasteiger partial charge on any atom is -0.493 e. The number of halogens is 1. The van der Waals surface area contributed by atoms with E-state index in [2.05, 4.69) is 5.32 Å². The molecule has 2 rings (SSSR count). The Balaban J connectivity index is 2.14. The van der Waals surface area contributed by atoms with Crippen molar-refractivity contribution in [2.24, 2.45) is 0 Å². The first-order valence-electron chi connectivity index (χ1n) is 6.23. The van der Waals surface area contributed by atoms with Gasteiger partial charge >= 0.3 is 0 Å². The van der Waals surface area contributed by atoms with Crippen LogP contribution in [0.5, 0.6) is 11.5 Å². The molecule has 1 amide bonds. The summed E-state index contributed by atoms with van der Waals surface area (Å²) >= 11 is 5.96. The quantitative estimate of drug-likeness (QED) is 0.826. The molecule has 0 saturated carbocycles. The van der Waals surface area contributed by atoms with E-state index in [1.54, 1.807) is 12.1 Å². The highest BCUT2D eigenvalue weighted by molar-refractivity contribution is 7.91. The van der Waals surface area contributed by atoms with Gasteiger partial charge in [0, 0.05) is 5.56 Å². The number of nitrogens with one attached hydrogen (secondary N) is 1. The molecule has 0 aromatic heterocycles. The van der Waals surface area contributed by atoms with Crippen LogP contribution in [-0.2, 0) is 9.84 Å². The summed E-state index contributed by atoms with van der Waals surface area (Å²) in [5, 5.41) is 2.03. The molecule has 1 fully saturated rings. The van der Waals surface area contributed by atoms with Crippen LogP contribution in [0, 0.1) is 0 Å². The number of carbonyl (C=O) groups excluding carboxylic acids is 1. The molecule has 2 atom stereocenters. The predicted octanol–water partition coefficient (Wildman–Crippen LogP) is 0.838. The lowest BCUT2D eigenvalue weighted by Crippen LogP contribution is -2.40. The third kappa shape index (κ3) is 3.59. The van der Waals surface area contributed by atoms with E-state index in [9.17, 15) is 13.2 Å². The number of rotatable bonds is 4. The minimum absolute atomic E-state index is 0.120. The SMILES string of the molecule is COc1ccc(C(=O)N[C@@H]2CS(=O)(=O)C[C@H]2Cl)cc1OC. The topological polar surface area (TPSA) is 81.7 Å². The fraction of sp³-hybridized carbons (Fsp3) is 0.462. The number of amides is 1. The molecular weight excluding hydrogens is 318 g/mol. The Morgan fingerprint density at radius 1 is 1.24 bits per heavy atom. The Morgan fingerprint density at radius 2 is 1.90 bits per heavy atom. The summed E-state index contributed by atoms with van der Waals surface area (Å²) in [6, 6.07) is 4.12. The van der Waals surface area contributed by atoms with E-state index in [-0.39, 0.29) is 11.5 Å². The second-order valence-electron chi connectivity index (χ2n) is 4.74. The van der Waals surface area contributed by atoms with E-state index in [0.29, 0.717) is 17.1 Å². The van der Waals surface area contributed by atoms with E-state index in [1.165, 1.54) is 20.3 Å². The van der Waals surface area contributed by atoms with Crippen LogP contribution in [0.25, 0.3) is 0 Å². The average Bonchev–Trinajstić information content (AvgIpc) is 2.70. The zero-order chi connectivity index (χ0) is 15.6. The molecule has 0 aliphatic carbocycles. The highest BCUT2D eigenvalue weighted by Gasteiger charge is 2.37. The molecule has 1 aromatic carbocycles. The second-order valence-corrected chi connectivity index (χ2v) is 7.46. The predicted molar refractivity (Wildman–Crippen MR) is 79.1 cm³/mol. The standard InChI is InChI=1S/C13H16ClNO5S/c1-19-11-4-3-8(5-12(11)20-2)13(16)15-10-7-21(17,18)6-9(10)14/h3-5,9-10H,6-7H2,1-2H3,(H,15,16)/t9-,10-/m1/s1. The van der Waals surface area contributed by atoms with Crippen LogP contribution >= 0.6 is 11.6 Å². The number of carbonyl (C=O) groups is 1. The van der Waals surface area contributed by atoms with Crippen LogP contribution in [0.3, 0.4) is 0 Å². The highest BCUT2D eigenvalue weighted by atomic mass is 35.5. The average molecular weight is 334 g/mol. The van der Waals surface area contributed by atoms with Crippen molar-refractivity contribution in [3.8, 4) is 11.5 Å². The molecular formula is C13H16ClNO5S. The van der Waals surface area contributed by atoms with Crippen molar-refractivity contribution >= 4 is 27.3 Å². The summed E-state index contributed by atoms with van der Waals surface area (Å²) in [7, 11) is -0.218. The lowest BCUT2D eigenvalue weighted by Gasteiger charge is -2.15. The third-order valence-corrected chi connectivity index (χ3v) is 5.62. The summed E-state index contributed by atoms with van der Waals surface area (Å²) in [5.74, 6) is 0.272. The Hall–Kier alpha value is -1.47. The highest BCUT2D eigenvalue weighted by Crippen LogP contribution is 2.27. The Bertz CT molecular complexity index is 646. The normalized spacial score (nSPS) is 23.6. The van der Waals surface area contributed by atoms with Gasteiger partial charge < -0.3 is 14.8 Å². The summed E-state index contributed by atoms with van der Waals surface area (Å²) in [5.41, 5.74) is 0.348. The van der Waals surface area contributed by atoms with Crippen molar-refractivity contribution in [3.63, 3.8) is 0 Å². The van der Waals surface area contributed by atoms with E-state index >= 15 is 0 Å². The van der Waals surface area contributed by atoms with Crippen LogP contribution in [0.1, 0.15) is 10.4 Å². The number of benzene rings is 1. The first-order valence-corrected chi connectivity index (χ1v) is 8.49. The first kappa shape index (κ1) is 15.9. The summed E-state index contributed by atoms with van der Waals surface area (Å²) in [6.07, 6.45) is 0. The van der Waals surface area contributed by atoms with Crippen LogP contribution in [-0.4, -0.2) is 51.5 Å². The smallest absolute Gasteiger partial charge is 0.251 e. The Labute approximate surface area is 128 Å². The number of hydrogen-bond donors (Lipinski definition) is 1. The maximum Gasteiger partial charge on any atom is 0.251 e. The van der Waals surface area contributed by atoms with E-state index in [4.69, 9.17) is 21.1 Å². The molecule has 8 heteroatoms. The number of hydrogen-bond acceptors (Lipinski definition) is 5. The van der Waals surface area contributed by atoms with Gasteiger partial charge in [-0.15, -0.1) is 11.6 Å². The molecule has 1 saturated heterocycles.